The van der Waals surface area contributed by atoms with Crippen molar-refractivity contribution >= 4 is 33.0 Å². The van der Waals surface area contributed by atoms with Crippen molar-refractivity contribution in [1.29, 1.82) is 0 Å². The summed E-state index contributed by atoms with van der Waals surface area (Å²) in [5, 5.41) is 0. The van der Waals surface area contributed by atoms with Gasteiger partial charge in [-0.1, -0.05) is 6.07 Å². The average molecular weight is 286 g/mol. The molecule has 0 atom stereocenters. The number of benzene rings is 1. The number of hydrogen-bond acceptors (Lipinski definition) is 5. The molecule has 18 heavy (non-hydrogen) atoms. The Hall–Kier alpha value is -1.09. The zero-order chi connectivity index (χ0) is 13.3. The zero-order valence-electron chi connectivity index (χ0n) is 10.4. The largest absolute Gasteiger partial charge is 0.281 e. The Labute approximate surface area is 110 Å². The van der Waals surface area contributed by atoms with Gasteiger partial charge in [-0.05, 0) is 17.7 Å². The first-order valence-corrected chi connectivity index (χ1v) is 7.39. The predicted octanol–water partition coefficient (Wildman–Crippen LogP) is 0.929. The van der Waals surface area contributed by atoms with Crippen LogP contribution in [0.1, 0.15) is 5.56 Å². The smallest absolute Gasteiger partial charge is 0.195 e. The van der Waals surface area contributed by atoms with Gasteiger partial charge in [-0.3, -0.25) is 0 Å². The van der Waals surface area contributed by atoms with Gasteiger partial charge in [0.25, 0.3) is 10.2 Å². The minimum Gasteiger partial charge on any atom is -0.195 e. The molecule has 0 radical (unpaired) electrons. The van der Waals surface area contributed by atoms with E-state index in [9.17, 15) is 8.42 Å². The van der Waals surface area contributed by atoms with Gasteiger partial charge in [0.15, 0.2) is 0 Å². The standard InChI is InChI=1S/C10H14N4O2S2/c1-13(2)18(15,16)14(3)7-8-4-5-9-10(6-8)12-17-11-9/h4-6H,7H2,1-3H3. The first kappa shape index (κ1) is 13.3. The molecule has 6 nitrogen and oxygen atoms in total. The van der Waals surface area contributed by atoms with E-state index in [0.29, 0.717) is 6.54 Å². The molecule has 8 heteroatoms. The molecule has 98 valence electrons. The lowest BCUT2D eigenvalue weighted by Crippen LogP contribution is -2.36. The van der Waals surface area contributed by atoms with E-state index in [0.717, 1.165) is 28.3 Å². The van der Waals surface area contributed by atoms with Crippen LogP contribution in [-0.4, -0.2) is 46.9 Å². The van der Waals surface area contributed by atoms with Crippen molar-refractivity contribution in [2.45, 2.75) is 6.54 Å². The molecular weight excluding hydrogens is 272 g/mol. The van der Waals surface area contributed by atoms with Gasteiger partial charge in [0.2, 0.25) is 0 Å². The highest BCUT2D eigenvalue weighted by molar-refractivity contribution is 7.86. The van der Waals surface area contributed by atoms with Crippen molar-refractivity contribution in [3.63, 3.8) is 0 Å². The first-order chi connectivity index (χ1) is 8.41. The highest BCUT2D eigenvalue weighted by Gasteiger charge is 2.20. The van der Waals surface area contributed by atoms with Gasteiger partial charge in [-0.25, -0.2) is 0 Å². The van der Waals surface area contributed by atoms with Gasteiger partial charge in [0.1, 0.15) is 11.0 Å². The fourth-order valence-electron chi connectivity index (χ4n) is 1.54. The fourth-order valence-corrected chi connectivity index (χ4v) is 2.93. The van der Waals surface area contributed by atoms with Crippen molar-refractivity contribution < 1.29 is 8.42 Å². The Kier molecular flexibility index (Phi) is 3.62. The van der Waals surface area contributed by atoms with Crippen molar-refractivity contribution in [2.24, 2.45) is 0 Å². The van der Waals surface area contributed by atoms with Crippen molar-refractivity contribution in [3.05, 3.63) is 23.8 Å². The maximum atomic E-state index is 11.9. The van der Waals surface area contributed by atoms with Crippen LogP contribution in [0.15, 0.2) is 18.2 Å². The van der Waals surface area contributed by atoms with Crippen molar-refractivity contribution in [3.8, 4) is 0 Å². The lowest BCUT2D eigenvalue weighted by Gasteiger charge is -2.21. The third-order valence-electron chi connectivity index (χ3n) is 2.58. The molecule has 2 aromatic rings. The molecule has 0 amide bonds. The zero-order valence-corrected chi connectivity index (χ0v) is 12.0. The van der Waals surface area contributed by atoms with Crippen LogP contribution in [0.3, 0.4) is 0 Å². The normalized spacial score (nSPS) is 12.7. The lowest BCUT2D eigenvalue weighted by molar-refractivity contribution is 0.414. The molecule has 0 aliphatic rings. The van der Waals surface area contributed by atoms with Crippen LogP contribution in [0, 0.1) is 0 Å². The van der Waals surface area contributed by atoms with Gasteiger partial charge >= 0.3 is 0 Å². The second-order valence-corrected chi connectivity index (χ2v) is 6.91. The molecule has 0 aliphatic carbocycles. The number of hydrogen-bond donors (Lipinski definition) is 0. The minimum absolute atomic E-state index is 0.313. The minimum atomic E-state index is -3.38. The molecule has 1 heterocycles. The van der Waals surface area contributed by atoms with E-state index in [-0.39, 0.29) is 0 Å². The molecule has 2 rings (SSSR count). The summed E-state index contributed by atoms with van der Waals surface area (Å²) in [5.74, 6) is 0. The number of fused-ring (bicyclic) bond motifs is 1. The Balaban J connectivity index is 2.23. The van der Waals surface area contributed by atoms with Gasteiger partial charge in [-0.15, -0.1) is 0 Å². The van der Waals surface area contributed by atoms with Crippen LogP contribution in [0.2, 0.25) is 0 Å². The van der Waals surface area contributed by atoms with E-state index in [1.807, 2.05) is 18.2 Å². The molecule has 0 N–H and O–H groups in total. The van der Waals surface area contributed by atoms with Crippen LogP contribution < -0.4 is 0 Å². The molecular formula is C10H14N4O2S2. The number of aromatic nitrogens is 2. The summed E-state index contributed by atoms with van der Waals surface area (Å²) in [6, 6.07) is 5.58. The monoisotopic (exact) mass is 286 g/mol. The molecule has 0 saturated carbocycles. The third kappa shape index (κ3) is 2.51. The summed E-state index contributed by atoms with van der Waals surface area (Å²) in [5.41, 5.74) is 2.53. The molecule has 0 unspecified atom stereocenters. The van der Waals surface area contributed by atoms with Gasteiger partial charge < -0.3 is 0 Å². The van der Waals surface area contributed by atoms with Gasteiger partial charge in [0.05, 0.1) is 11.7 Å². The first-order valence-electron chi connectivity index (χ1n) is 5.26. The summed E-state index contributed by atoms with van der Waals surface area (Å²) in [7, 11) is 1.20. The molecule has 1 aromatic heterocycles. The number of rotatable bonds is 4. The molecule has 0 spiro atoms. The van der Waals surface area contributed by atoms with Gasteiger partial charge in [-0.2, -0.15) is 25.8 Å². The van der Waals surface area contributed by atoms with Gasteiger partial charge in [0, 0.05) is 27.7 Å². The molecule has 0 bridgehead atoms. The maximum Gasteiger partial charge on any atom is 0.281 e. The lowest BCUT2D eigenvalue weighted by atomic mass is 10.2. The quantitative estimate of drug-likeness (QED) is 0.838. The predicted molar refractivity (Wildman–Crippen MR) is 71.5 cm³/mol. The Bertz CT molecular complexity index is 651. The Morgan fingerprint density at radius 2 is 1.83 bits per heavy atom. The summed E-state index contributed by atoms with van der Waals surface area (Å²) in [6.45, 7) is 0.313. The summed E-state index contributed by atoms with van der Waals surface area (Å²) in [4.78, 5) is 0. The van der Waals surface area contributed by atoms with E-state index >= 15 is 0 Å². The average Bonchev–Trinajstić information content (AvgIpc) is 2.75. The second kappa shape index (κ2) is 4.88. The van der Waals surface area contributed by atoms with E-state index < -0.39 is 10.2 Å². The van der Waals surface area contributed by atoms with E-state index in [2.05, 4.69) is 8.75 Å². The summed E-state index contributed by atoms with van der Waals surface area (Å²) >= 11 is 1.15. The van der Waals surface area contributed by atoms with Crippen LogP contribution in [0.4, 0.5) is 0 Å². The maximum absolute atomic E-state index is 11.9. The third-order valence-corrected chi connectivity index (χ3v) is 4.98. The molecule has 0 aliphatic heterocycles. The van der Waals surface area contributed by atoms with Crippen LogP contribution >= 0.6 is 11.7 Å². The topological polar surface area (TPSA) is 66.4 Å². The fraction of sp³-hybridized carbons (Fsp3) is 0.400. The molecule has 0 fully saturated rings. The van der Waals surface area contributed by atoms with E-state index in [4.69, 9.17) is 0 Å². The summed E-state index contributed by atoms with van der Waals surface area (Å²) < 4.78 is 34.5. The van der Waals surface area contributed by atoms with Crippen molar-refractivity contribution in [2.75, 3.05) is 21.1 Å². The molecule has 0 saturated heterocycles. The van der Waals surface area contributed by atoms with E-state index in [1.54, 1.807) is 7.05 Å². The Morgan fingerprint density at radius 3 is 2.50 bits per heavy atom. The second-order valence-electron chi connectivity index (χ2n) is 4.13. The molecule has 1 aromatic carbocycles. The van der Waals surface area contributed by atoms with Crippen molar-refractivity contribution in [1.82, 2.24) is 17.4 Å². The van der Waals surface area contributed by atoms with E-state index in [1.165, 1.54) is 22.7 Å². The highest BCUT2D eigenvalue weighted by atomic mass is 32.2. The number of nitrogens with zero attached hydrogens (tertiary/aromatic N) is 4. The van der Waals surface area contributed by atoms with Crippen LogP contribution in [0.25, 0.3) is 11.0 Å². The summed E-state index contributed by atoms with van der Waals surface area (Å²) in [6.07, 6.45) is 0. The SMILES string of the molecule is CN(C)S(=O)(=O)N(C)Cc1ccc2nsnc2c1. The van der Waals surface area contributed by atoms with Crippen LogP contribution in [0.5, 0.6) is 0 Å². The van der Waals surface area contributed by atoms with Crippen LogP contribution in [-0.2, 0) is 16.8 Å². The Morgan fingerprint density at radius 1 is 1.17 bits per heavy atom. The highest BCUT2D eigenvalue weighted by Crippen LogP contribution is 2.16.